The SMILES string of the molecule is CS(=O)(=O)N1C2CCC1CC(NC(=O)c1ccc(C(F)(F)F)cc1)C2. The van der Waals surface area contributed by atoms with Gasteiger partial charge in [-0.1, -0.05) is 0 Å². The van der Waals surface area contributed by atoms with E-state index in [0.717, 1.165) is 37.1 Å². The van der Waals surface area contributed by atoms with Gasteiger partial charge < -0.3 is 5.32 Å². The molecule has 0 saturated carbocycles. The third-order valence-corrected chi connectivity index (χ3v) is 6.22. The Hall–Kier alpha value is -1.61. The molecule has 1 N–H and O–H groups in total. The number of halogens is 3. The minimum absolute atomic E-state index is 0.119. The molecule has 0 aromatic heterocycles. The van der Waals surface area contributed by atoms with Gasteiger partial charge in [0.05, 0.1) is 11.8 Å². The van der Waals surface area contributed by atoms with E-state index in [1.807, 2.05) is 0 Å². The van der Waals surface area contributed by atoms with Crippen LogP contribution in [0.2, 0.25) is 0 Å². The lowest BCUT2D eigenvalue weighted by atomic mass is 9.99. The predicted octanol–water partition coefficient (Wildman–Crippen LogP) is 2.39. The zero-order chi connectivity index (χ0) is 18.4. The van der Waals surface area contributed by atoms with Crippen molar-refractivity contribution in [3.8, 4) is 0 Å². The average molecular weight is 376 g/mol. The van der Waals surface area contributed by atoms with Crippen LogP contribution in [0.3, 0.4) is 0 Å². The first-order chi connectivity index (χ1) is 11.6. The van der Waals surface area contributed by atoms with Crippen molar-refractivity contribution in [1.29, 1.82) is 0 Å². The van der Waals surface area contributed by atoms with Gasteiger partial charge in [0, 0.05) is 23.7 Å². The highest BCUT2D eigenvalue weighted by Crippen LogP contribution is 2.37. The van der Waals surface area contributed by atoms with Gasteiger partial charge in [-0.15, -0.1) is 0 Å². The lowest BCUT2D eigenvalue weighted by Crippen LogP contribution is -2.52. The Bertz CT molecular complexity index is 748. The molecule has 1 aromatic rings. The molecule has 0 radical (unpaired) electrons. The van der Waals surface area contributed by atoms with E-state index in [0.29, 0.717) is 12.8 Å². The van der Waals surface area contributed by atoms with E-state index in [4.69, 9.17) is 0 Å². The molecule has 5 nitrogen and oxygen atoms in total. The summed E-state index contributed by atoms with van der Waals surface area (Å²) in [7, 11) is -3.27. The van der Waals surface area contributed by atoms with Crippen LogP contribution in [0.15, 0.2) is 24.3 Å². The number of alkyl halides is 3. The lowest BCUT2D eigenvalue weighted by molar-refractivity contribution is -0.137. The second-order valence-corrected chi connectivity index (χ2v) is 8.58. The molecule has 2 aliphatic heterocycles. The molecule has 0 aliphatic carbocycles. The highest BCUT2D eigenvalue weighted by Gasteiger charge is 2.45. The number of amides is 1. The van der Waals surface area contributed by atoms with E-state index in [1.165, 1.54) is 10.6 Å². The number of carbonyl (C=O) groups is 1. The Morgan fingerprint density at radius 2 is 1.64 bits per heavy atom. The Morgan fingerprint density at radius 1 is 1.12 bits per heavy atom. The topological polar surface area (TPSA) is 66.5 Å². The van der Waals surface area contributed by atoms with Crippen LogP contribution >= 0.6 is 0 Å². The number of fused-ring (bicyclic) bond motifs is 2. The van der Waals surface area contributed by atoms with Crippen LogP contribution in [-0.2, 0) is 16.2 Å². The summed E-state index contributed by atoms with van der Waals surface area (Å²) in [6.07, 6.45) is -0.660. The molecule has 2 bridgehead atoms. The average Bonchev–Trinajstić information content (AvgIpc) is 2.79. The molecule has 2 aliphatic rings. The Morgan fingerprint density at radius 3 is 2.08 bits per heavy atom. The molecule has 1 amide bonds. The Labute approximate surface area is 144 Å². The maximum Gasteiger partial charge on any atom is 0.416 e. The standard InChI is InChI=1S/C16H19F3N2O3S/c1-25(23,24)21-13-6-7-14(21)9-12(8-13)20-15(22)10-2-4-11(5-3-10)16(17,18)19/h2-5,12-14H,6-9H2,1H3,(H,20,22). The minimum atomic E-state index is -4.44. The summed E-state index contributed by atoms with van der Waals surface area (Å²) in [6, 6.07) is 3.65. The number of rotatable bonds is 3. The molecule has 0 spiro atoms. The first-order valence-electron chi connectivity index (χ1n) is 8.02. The van der Waals surface area contributed by atoms with Crippen LogP contribution in [-0.4, -0.2) is 43.0 Å². The van der Waals surface area contributed by atoms with Gasteiger partial charge in [0.2, 0.25) is 10.0 Å². The van der Waals surface area contributed by atoms with E-state index in [1.54, 1.807) is 0 Å². The van der Waals surface area contributed by atoms with Gasteiger partial charge in [0.25, 0.3) is 5.91 Å². The molecule has 2 heterocycles. The quantitative estimate of drug-likeness (QED) is 0.881. The minimum Gasteiger partial charge on any atom is -0.349 e. The Kier molecular flexibility index (Phi) is 4.57. The van der Waals surface area contributed by atoms with E-state index < -0.39 is 27.7 Å². The molecule has 138 valence electrons. The van der Waals surface area contributed by atoms with Gasteiger partial charge in [-0.25, -0.2) is 8.42 Å². The molecular weight excluding hydrogens is 357 g/mol. The monoisotopic (exact) mass is 376 g/mol. The fraction of sp³-hybridized carbons (Fsp3) is 0.562. The summed E-state index contributed by atoms with van der Waals surface area (Å²) in [6.45, 7) is 0. The van der Waals surface area contributed by atoms with E-state index in [2.05, 4.69) is 5.32 Å². The summed E-state index contributed by atoms with van der Waals surface area (Å²) in [4.78, 5) is 12.3. The molecule has 2 fully saturated rings. The van der Waals surface area contributed by atoms with Crippen LogP contribution in [0.5, 0.6) is 0 Å². The van der Waals surface area contributed by atoms with E-state index in [9.17, 15) is 26.4 Å². The lowest BCUT2D eigenvalue weighted by Gasteiger charge is -2.37. The number of hydrogen-bond donors (Lipinski definition) is 1. The summed E-state index contributed by atoms with van der Waals surface area (Å²) in [5.74, 6) is -0.439. The molecule has 9 heteroatoms. The van der Waals surface area contributed by atoms with Crippen molar-refractivity contribution in [2.45, 2.75) is 50.0 Å². The first kappa shape index (κ1) is 18.2. The fourth-order valence-electron chi connectivity index (χ4n) is 3.87. The molecule has 25 heavy (non-hydrogen) atoms. The van der Waals surface area contributed by atoms with Crippen molar-refractivity contribution in [2.24, 2.45) is 0 Å². The Balaban J connectivity index is 1.65. The van der Waals surface area contributed by atoms with Gasteiger partial charge in [0.1, 0.15) is 0 Å². The van der Waals surface area contributed by atoms with Crippen LogP contribution in [0, 0.1) is 0 Å². The van der Waals surface area contributed by atoms with Gasteiger partial charge in [-0.2, -0.15) is 17.5 Å². The number of piperidine rings is 1. The molecule has 3 rings (SSSR count). The van der Waals surface area contributed by atoms with Crippen LogP contribution in [0.4, 0.5) is 13.2 Å². The maximum absolute atomic E-state index is 12.6. The summed E-state index contributed by atoms with van der Waals surface area (Å²) in [5, 5.41) is 2.82. The zero-order valence-corrected chi connectivity index (χ0v) is 14.4. The number of benzene rings is 1. The number of nitrogens with one attached hydrogen (secondary N) is 1. The predicted molar refractivity (Wildman–Crippen MR) is 85.4 cm³/mol. The summed E-state index contributed by atoms with van der Waals surface area (Å²) < 4.78 is 62.9. The fourth-order valence-corrected chi connectivity index (χ4v) is 5.34. The number of nitrogens with zero attached hydrogens (tertiary/aromatic N) is 1. The van der Waals surface area contributed by atoms with Gasteiger partial charge in [-0.3, -0.25) is 4.79 Å². The van der Waals surface area contributed by atoms with Gasteiger partial charge in [-0.05, 0) is 49.9 Å². The van der Waals surface area contributed by atoms with Crippen LogP contribution in [0.25, 0.3) is 0 Å². The second-order valence-electron chi connectivity index (χ2n) is 6.69. The highest BCUT2D eigenvalue weighted by atomic mass is 32.2. The molecular formula is C16H19F3N2O3S. The van der Waals surface area contributed by atoms with Crippen molar-refractivity contribution in [3.05, 3.63) is 35.4 Å². The first-order valence-corrected chi connectivity index (χ1v) is 9.87. The maximum atomic E-state index is 12.6. The van der Waals surface area contributed by atoms with Crippen LogP contribution < -0.4 is 5.32 Å². The third kappa shape index (κ3) is 3.82. The second kappa shape index (κ2) is 6.28. The van der Waals surface area contributed by atoms with Gasteiger partial charge in [0.15, 0.2) is 0 Å². The number of carbonyl (C=O) groups excluding carboxylic acids is 1. The normalized spacial score (nSPS) is 27.3. The number of sulfonamides is 1. The van der Waals surface area contributed by atoms with Crippen LogP contribution in [0.1, 0.15) is 41.6 Å². The molecule has 2 atom stereocenters. The van der Waals surface area contributed by atoms with Crippen molar-refractivity contribution in [1.82, 2.24) is 9.62 Å². The van der Waals surface area contributed by atoms with Crippen molar-refractivity contribution in [2.75, 3.05) is 6.26 Å². The van der Waals surface area contributed by atoms with Crippen molar-refractivity contribution >= 4 is 15.9 Å². The van der Waals surface area contributed by atoms with Crippen molar-refractivity contribution in [3.63, 3.8) is 0 Å². The summed E-state index contributed by atoms with van der Waals surface area (Å²) in [5.41, 5.74) is -0.644. The highest BCUT2D eigenvalue weighted by molar-refractivity contribution is 7.88. The molecule has 2 unspecified atom stereocenters. The van der Waals surface area contributed by atoms with Gasteiger partial charge >= 0.3 is 6.18 Å². The third-order valence-electron chi connectivity index (χ3n) is 4.86. The largest absolute Gasteiger partial charge is 0.416 e. The van der Waals surface area contributed by atoms with E-state index >= 15 is 0 Å². The summed E-state index contributed by atoms with van der Waals surface area (Å²) >= 11 is 0. The smallest absolute Gasteiger partial charge is 0.349 e. The zero-order valence-electron chi connectivity index (χ0n) is 13.6. The van der Waals surface area contributed by atoms with Crippen molar-refractivity contribution < 1.29 is 26.4 Å². The van der Waals surface area contributed by atoms with E-state index in [-0.39, 0.29) is 23.7 Å². The molecule has 2 saturated heterocycles. The molecule has 1 aromatic carbocycles. The number of hydrogen-bond acceptors (Lipinski definition) is 3.